The van der Waals surface area contributed by atoms with Gasteiger partial charge < -0.3 is 10.1 Å². The zero-order chi connectivity index (χ0) is 13.7. The second kappa shape index (κ2) is 6.38. The number of methoxy groups -OCH3 is 1. The summed E-state index contributed by atoms with van der Waals surface area (Å²) < 4.78 is 4.59. The number of halogens is 1. The van der Waals surface area contributed by atoms with Gasteiger partial charge in [0.25, 0.3) is 0 Å². The van der Waals surface area contributed by atoms with Crippen molar-refractivity contribution < 1.29 is 9.53 Å². The van der Waals surface area contributed by atoms with E-state index in [1.54, 1.807) is 6.20 Å². The van der Waals surface area contributed by atoms with E-state index in [2.05, 4.69) is 15.0 Å². The Labute approximate surface area is 116 Å². The molecule has 100 valence electrons. The third-order valence-electron chi connectivity index (χ3n) is 2.82. The molecule has 0 bridgehead atoms. The maximum Gasteiger partial charge on any atom is 0.305 e. The molecule has 0 aliphatic rings. The van der Waals surface area contributed by atoms with Crippen LogP contribution in [0.2, 0.25) is 5.02 Å². The summed E-state index contributed by atoms with van der Waals surface area (Å²) in [6.07, 6.45) is 2.85. The largest absolute Gasteiger partial charge is 0.469 e. The van der Waals surface area contributed by atoms with Gasteiger partial charge in [0.2, 0.25) is 0 Å². The molecule has 5 heteroatoms. The fourth-order valence-corrected chi connectivity index (χ4v) is 2.05. The molecule has 0 amide bonds. The van der Waals surface area contributed by atoms with Crippen LogP contribution in [0.3, 0.4) is 0 Å². The molecule has 2 rings (SSSR count). The highest BCUT2D eigenvalue weighted by molar-refractivity contribution is 6.35. The van der Waals surface area contributed by atoms with Gasteiger partial charge in [-0.3, -0.25) is 9.78 Å². The maximum absolute atomic E-state index is 11.0. The highest BCUT2D eigenvalue weighted by atomic mass is 35.5. The number of hydrogen-bond acceptors (Lipinski definition) is 4. The van der Waals surface area contributed by atoms with Gasteiger partial charge in [-0.15, -0.1) is 0 Å². The van der Waals surface area contributed by atoms with Crippen LogP contribution in [0.1, 0.15) is 12.8 Å². The van der Waals surface area contributed by atoms with Gasteiger partial charge in [-0.1, -0.05) is 11.6 Å². The molecule has 1 aromatic heterocycles. The Morgan fingerprint density at radius 1 is 1.42 bits per heavy atom. The molecular weight excluding hydrogens is 264 g/mol. The van der Waals surface area contributed by atoms with Crippen LogP contribution in [-0.4, -0.2) is 24.6 Å². The monoisotopic (exact) mass is 278 g/mol. The summed E-state index contributed by atoms with van der Waals surface area (Å²) >= 11 is 6.12. The Morgan fingerprint density at radius 2 is 2.26 bits per heavy atom. The number of benzene rings is 1. The van der Waals surface area contributed by atoms with Gasteiger partial charge >= 0.3 is 5.97 Å². The number of nitrogens with zero attached hydrogens (tertiary/aromatic N) is 1. The molecule has 19 heavy (non-hydrogen) atoms. The normalized spacial score (nSPS) is 10.4. The van der Waals surface area contributed by atoms with Crippen molar-refractivity contribution >= 4 is 34.2 Å². The van der Waals surface area contributed by atoms with E-state index in [1.807, 2.05) is 24.3 Å². The zero-order valence-corrected chi connectivity index (χ0v) is 11.4. The van der Waals surface area contributed by atoms with E-state index in [-0.39, 0.29) is 5.97 Å². The third-order valence-corrected chi connectivity index (χ3v) is 3.15. The number of aromatic nitrogens is 1. The predicted octanol–water partition coefficient (Wildman–Crippen LogP) is 3.25. The SMILES string of the molecule is COC(=O)CCCNc1ccc(Cl)c2cccnc12. The minimum absolute atomic E-state index is 0.194. The van der Waals surface area contributed by atoms with Crippen molar-refractivity contribution in [3.05, 3.63) is 35.5 Å². The lowest BCUT2D eigenvalue weighted by Crippen LogP contribution is -2.07. The molecule has 0 saturated carbocycles. The molecule has 2 aromatic rings. The Morgan fingerprint density at radius 3 is 3.05 bits per heavy atom. The van der Waals surface area contributed by atoms with Gasteiger partial charge in [0.15, 0.2) is 0 Å². The number of pyridine rings is 1. The Hall–Kier alpha value is -1.81. The van der Waals surface area contributed by atoms with Crippen LogP contribution >= 0.6 is 11.6 Å². The van der Waals surface area contributed by atoms with E-state index in [0.717, 1.165) is 16.6 Å². The van der Waals surface area contributed by atoms with Crippen LogP contribution in [0.5, 0.6) is 0 Å². The second-order valence-electron chi connectivity index (χ2n) is 4.10. The van der Waals surface area contributed by atoms with E-state index in [0.29, 0.717) is 24.4 Å². The first-order valence-electron chi connectivity index (χ1n) is 6.06. The Balaban J connectivity index is 2.05. The molecule has 0 fully saturated rings. The van der Waals surface area contributed by atoms with Crippen LogP contribution in [0.25, 0.3) is 10.9 Å². The molecule has 0 saturated heterocycles. The van der Waals surface area contributed by atoms with Crippen LogP contribution in [0.15, 0.2) is 30.5 Å². The van der Waals surface area contributed by atoms with Crippen molar-refractivity contribution in [2.45, 2.75) is 12.8 Å². The first kappa shape index (κ1) is 13.6. The number of carbonyl (C=O) groups is 1. The highest BCUT2D eigenvalue weighted by Crippen LogP contribution is 2.27. The van der Waals surface area contributed by atoms with Crippen molar-refractivity contribution in [3.8, 4) is 0 Å². The molecule has 0 aliphatic carbocycles. The lowest BCUT2D eigenvalue weighted by atomic mass is 10.2. The number of rotatable bonds is 5. The van der Waals surface area contributed by atoms with Crippen molar-refractivity contribution in [2.24, 2.45) is 0 Å². The van der Waals surface area contributed by atoms with Crippen molar-refractivity contribution in [2.75, 3.05) is 19.0 Å². The maximum atomic E-state index is 11.0. The summed E-state index contributed by atoms with van der Waals surface area (Å²) in [5.41, 5.74) is 1.76. The fraction of sp³-hybridized carbons (Fsp3) is 0.286. The van der Waals surface area contributed by atoms with Crippen molar-refractivity contribution in [1.82, 2.24) is 4.98 Å². The number of ether oxygens (including phenoxy) is 1. The average molecular weight is 279 g/mol. The topological polar surface area (TPSA) is 51.2 Å². The van der Waals surface area contributed by atoms with Crippen molar-refractivity contribution in [1.29, 1.82) is 0 Å². The molecule has 0 unspecified atom stereocenters. The minimum atomic E-state index is -0.194. The molecule has 0 spiro atoms. The third kappa shape index (κ3) is 3.35. The number of hydrogen-bond donors (Lipinski definition) is 1. The molecule has 0 atom stereocenters. The highest BCUT2D eigenvalue weighted by Gasteiger charge is 2.05. The Bertz CT molecular complexity index is 587. The predicted molar refractivity (Wildman–Crippen MR) is 76.5 cm³/mol. The summed E-state index contributed by atoms with van der Waals surface area (Å²) in [5.74, 6) is -0.194. The first-order valence-corrected chi connectivity index (χ1v) is 6.44. The minimum Gasteiger partial charge on any atom is -0.469 e. The summed E-state index contributed by atoms with van der Waals surface area (Å²) in [6.45, 7) is 0.683. The smallest absolute Gasteiger partial charge is 0.305 e. The van der Waals surface area contributed by atoms with Gasteiger partial charge in [0.1, 0.15) is 0 Å². The number of fused-ring (bicyclic) bond motifs is 1. The molecular formula is C14H15ClN2O2. The number of esters is 1. The van der Waals surface area contributed by atoms with E-state index in [1.165, 1.54) is 7.11 Å². The molecule has 1 aromatic carbocycles. The van der Waals surface area contributed by atoms with Crippen LogP contribution < -0.4 is 5.32 Å². The van der Waals surface area contributed by atoms with E-state index < -0.39 is 0 Å². The van der Waals surface area contributed by atoms with Crippen molar-refractivity contribution in [3.63, 3.8) is 0 Å². The second-order valence-corrected chi connectivity index (χ2v) is 4.51. The summed E-state index contributed by atoms with van der Waals surface area (Å²) in [4.78, 5) is 15.3. The molecule has 1 heterocycles. The zero-order valence-electron chi connectivity index (χ0n) is 10.6. The number of anilines is 1. The molecule has 4 nitrogen and oxygen atoms in total. The van der Waals surface area contributed by atoms with Crippen LogP contribution in [0.4, 0.5) is 5.69 Å². The quantitative estimate of drug-likeness (QED) is 0.674. The van der Waals surface area contributed by atoms with E-state index in [4.69, 9.17) is 11.6 Å². The molecule has 1 N–H and O–H groups in total. The van der Waals surface area contributed by atoms with Gasteiger partial charge in [-0.05, 0) is 30.7 Å². The average Bonchev–Trinajstić information content (AvgIpc) is 2.45. The lowest BCUT2D eigenvalue weighted by Gasteiger charge is -2.09. The lowest BCUT2D eigenvalue weighted by molar-refractivity contribution is -0.140. The summed E-state index contributed by atoms with van der Waals surface area (Å²) in [7, 11) is 1.40. The molecule has 0 aliphatic heterocycles. The standard InChI is InChI=1S/C14H15ClN2O2/c1-19-13(18)5-3-8-16-12-7-6-11(15)10-4-2-9-17-14(10)12/h2,4,6-7,9,16H,3,5,8H2,1H3. The Kier molecular flexibility index (Phi) is 4.58. The summed E-state index contributed by atoms with van der Waals surface area (Å²) in [5, 5.41) is 4.87. The van der Waals surface area contributed by atoms with Gasteiger partial charge in [-0.2, -0.15) is 0 Å². The molecule has 0 radical (unpaired) electrons. The van der Waals surface area contributed by atoms with E-state index in [9.17, 15) is 4.79 Å². The first-order chi connectivity index (χ1) is 9.22. The number of nitrogens with one attached hydrogen (secondary N) is 1. The fourth-order valence-electron chi connectivity index (χ4n) is 1.84. The van der Waals surface area contributed by atoms with E-state index >= 15 is 0 Å². The van der Waals surface area contributed by atoms with Crippen LogP contribution in [0, 0.1) is 0 Å². The van der Waals surface area contributed by atoms with Gasteiger partial charge in [0.05, 0.1) is 23.3 Å². The summed E-state index contributed by atoms with van der Waals surface area (Å²) in [6, 6.07) is 7.53. The van der Waals surface area contributed by atoms with Crippen LogP contribution in [-0.2, 0) is 9.53 Å². The number of carbonyl (C=O) groups excluding carboxylic acids is 1. The van der Waals surface area contributed by atoms with Gasteiger partial charge in [-0.25, -0.2) is 0 Å². The van der Waals surface area contributed by atoms with Gasteiger partial charge in [0, 0.05) is 24.5 Å².